The van der Waals surface area contributed by atoms with Gasteiger partial charge in [0, 0.05) is 24.0 Å². The van der Waals surface area contributed by atoms with E-state index in [0.29, 0.717) is 18.7 Å². The summed E-state index contributed by atoms with van der Waals surface area (Å²) in [6.45, 7) is 3.81. The van der Waals surface area contributed by atoms with Crippen LogP contribution in [0.5, 0.6) is 5.75 Å². The molecule has 0 saturated carbocycles. The second-order valence-corrected chi connectivity index (χ2v) is 7.77. The van der Waals surface area contributed by atoms with E-state index in [1.54, 1.807) is 23.5 Å². The first-order chi connectivity index (χ1) is 14.2. The van der Waals surface area contributed by atoms with Crippen molar-refractivity contribution in [3.63, 3.8) is 0 Å². The van der Waals surface area contributed by atoms with Crippen LogP contribution in [0.1, 0.15) is 27.5 Å². The lowest BCUT2D eigenvalue weighted by Crippen LogP contribution is -2.25. The Morgan fingerprint density at radius 2 is 2.00 bits per heavy atom. The van der Waals surface area contributed by atoms with Crippen LogP contribution in [0, 0.1) is 6.92 Å². The predicted molar refractivity (Wildman–Crippen MR) is 114 cm³/mol. The number of carbonyl (C=O) groups excluding carboxylic acids is 1. The van der Waals surface area contributed by atoms with Gasteiger partial charge < -0.3 is 14.6 Å². The standard InChI is InChI=1S/C22H22N4O2S/c1-16-25-18(14-29-16)13-28-19-9-7-17(8-10-19)22(27)23-11-4-12-26-15-24-20-5-2-3-6-21(20)26/h2-3,5-10,14-15H,4,11-13H2,1H3,(H,23,27). The van der Waals surface area contributed by atoms with Gasteiger partial charge in [0.05, 0.1) is 28.1 Å². The molecule has 2 aromatic heterocycles. The van der Waals surface area contributed by atoms with Gasteiger partial charge in [-0.1, -0.05) is 12.1 Å². The number of hydrogen-bond acceptors (Lipinski definition) is 5. The molecule has 0 radical (unpaired) electrons. The van der Waals surface area contributed by atoms with E-state index in [0.717, 1.165) is 40.5 Å². The van der Waals surface area contributed by atoms with Gasteiger partial charge in [-0.15, -0.1) is 11.3 Å². The first kappa shape index (κ1) is 19.1. The summed E-state index contributed by atoms with van der Waals surface area (Å²) in [5.74, 6) is 0.640. The number of nitrogens with zero attached hydrogens (tertiary/aromatic N) is 3. The van der Waals surface area contributed by atoms with Gasteiger partial charge in [0.1, 0.15) is 12.4 Å². The number of para-hydroxylation sites is 2. The Morgan fingerprint density at radius 1 is 1.17 bits per heavy atom. The van der Waals surface area contributed by atoms with Crippen molar-refractivity contribution in [2.24, 2.45) is 0 Å². The molecule has 148 valence electrons. The Morgan fingerprint density at radius 3 is 2.79 bits per heavy atom. The van der Waals surface area contributed by atoms with Crippen LogP contribution in [0.2, 0.25) is 0 Å². The predicted octanol–water partition coefficient (Wildman–Crippen LogP) is 4.20. The fourth-order valence-corrected chi connectivity index (χ4v) is 3.67. The molecule has 0 aliphatic heterocycles. The van der Waals surface area contributed by atoms with Gasteiger partial charge >= 0.3 is 0 Å². The minimum atomic E-state index is -0.0813. The highest BCUT2D eigenvalue weighted by Crippen LogP contribution is 2.16. The first-order valence-corrected chi connectivity index (χ1v) is 10.4. The highest BCUT2D eigenvalue weighted by molar-refractivity contribution is 7.09. The third-order valence-corrected chi connectivity index (χ3v) is 5.38. The summed E-state index contributed by atoms with van der Waals surface area (Å²) in [7, 11) is 0. The van der Waals surface area contributed by atoms with Crippen LogP contribution in [0.4, 0.5) is 0 Å². The van der Waals surface area contributed by atoms with E-state index in [1.807, 2.05) is 49.0 Å². The van der Waals surface area contributed by atoms with Crippen LogP contribution in [0.25, 0.3) is 11.0 Å². The Hall–Kier alpha value is -3.19. The maximum absolute atomic E-state index is 12.3. The normalized spacial score (nSPS) is 10.9. The van der Waals surface area contributed by atoms with Crippen molar-refractivity contribution in [1.29, 1.82) is 0 Å². The zero-order valence-corrected chi connectivity index (χ0v) is 17.0. The summed E-state index contributed by atoms with van der Waals surface area (Å²) >= 11 is 1.61. The van der Waals surface area contributed by atoms with Crippen molar-refractivity contribution in [1.82, 2.24) is 19.9 Å². The molecule has 4 aromatic rings. The number of aromatic nitrogens is 3. The summed E-state index contributed by atoms with van der Waals surface area (Å²) in [6, 6.07) is 15.2. The Labute approximate surface area is 173 Å². The highest BCUT2D eigenvalue weighted by atomic mass is 32.1. The van der Waals surface area contributed by atoms with E-state index in [9.17, 15) is 4.79 Å². The molecule has 6 nitrogen and oxygen atoms in total. The number of imidazole rings is 1. The van der Waals surface area contributed by atoms with Gasteiger partial charge in [-0.05, 0) is 49.7 Å². The Kier molecular flexibility index (Phi) is 5.86. The second kappa shape index (κ2) is 8.87. The van der Waals surface area contributed by atoms with E-state index >= 15 is 0 Å². The number of fused-ring (bicyclic) bond motifs is 1. The number of rotatable bonds is 8. The molecule has 29 heavy (non-hydrogen) atoms. The fourth-order valence-electron chi connectivity index (χ4n) is 3.08. The van der Waals surface area contributed by atoms with Crippen molar-refractivity contribution in [3.05, 3.63) is 76.5 Å². The summed E-state index contributed by atoms with van der Waals surface area (Å²) in [5.41, 5.74) is 3.64. The third-order valence-electron chi connectivity index (χ3n) is 4.56. The zero-order valence-electron chi connectivity index (χ0n) is 16.2. The van der Waals surface area contributed by atoms with E-state index < -0.39 is 0 Å². The SMILES string of the molecule is Cc1nc(COc2ccc(C(=O)NCCCn3cnc4ccccc43)cc2)cs1. The van der Waals surface area contributed by atoms with Crippen molar-refractivity contribution < 1.29 is 9.53 Å². The second-order valence-electron chi connectivity index (χ2n) is 6.71. The molecular formula is C22H22N4O2S. The maximum atomic E-state index is 12.3. The largest absolute Gasteiger partial charge is 0.487 e. The van der Waals surface area contributed by atoms with E-state index in [1.165, 1.54) is 0 Å². The van der Waals surface area contributed by atoms with Gasteiger partial charge in [0.2, 0.25) is 0 Å². The van der Waals surface area contributed by atoms with Crippen LogP contribution in [0.3, 0.4) is 0 Å². The van der Waals surface area contributed by atoms with E-state index in [-0.39, 0.29) is 5.91 Å². The number of hydrogen-bond donors (Lipinski definition) is 1. The summed E-state index contributed by atoms with van der Waals surface area (Å²) < 4.78 is 7.83. The topological polar surface area (TPSA) is 69.0 Å². The van der Waals surface area contributed by atoms with Gasteiger partial charge in [-0.3, -0.25) is 4.79 Å². The fraction of sp³-hybridized carbons (Fsp3) is 0.227. The van der Waals surface area contributed by atoms with Crippen LogP contribution in [-0.4, -0.2) is 27.0 Å². The number of amides is 1. The molecule has 0 unspecified atom stereocenters. The molecular weight excluding hydrogens is 384 g/mol. The molecule has 0 saturated heterocycles. The number of aryl methyl sites for hydroxylation is 2. The smallest absolute Gasteiger partial charge is 0.251 e. The highest BCUT2D eigenvalue weighted by Gasteiger charge is 2.07. The average molecular weight is 407 g/mol. The van der Waals surface area contributed by atoms with Crippen LogP contribution in [-0.2, 0) is 13.2 Å². The number of nitrogens with one attached hydrogen (secondary N) is 1. The molecule has 1 N–H and O–H groups in total. The van der Waals surface area contributed by atoms with E-state index in [2.05, 4.69) is 25.9 Å². The molecule has 2 aromatic carbocycles. The van der Waals surface area contributed by atoms with Gasteiger partial charge in [-0.2, -0.15) is 0 Å². The van der Waals surface area contributed by atoms with Crippen LogP contribution < -0.4 is 10.1 Å². The molecule has 0 fully saturated rings. The monoisotopic (exact) mass is 406 g/mol. The third kappa shape index (κ3) is 4.81. The Bertz CT molecular complexity index is 1100. The van der Waals surface area contributed by atoms with Crippen LogP contribution >= 0.6 is 11.3 Å². The minimum Gasteiger partial charge on any atom is -0.487 e. The first-order valence-electron chi connectivity index (χ1n) is 9.51. The van der Waals surface area contributed by atoms with Gasteiger partial charge in [-0.25, -0.2) is 9.97 Å². The molecule has 0 aliphatic rings. The number of thiazole rings is 1. The molecule has 0 bridgehead atoms. The number of carbonyl (C=O) groups is 1. The molecule has 4 rings (SSSR count). The summed E-state index contributed by atoms with van der Waals surface area (Å²) in [6.07, 6.45) is 2.68. The van der Waals surface area contributed by atoms with Gasteiger partial charge in [0.15, 0.2) is 0 Å². The molecule has 2 heterocycles. The van der Waals surface area contributed by atoms with Gasteiger partial charge in [0.25, 0.3) is 5.91 Å². The van der Waals surface area contributed by atoms with Crippen LogP contribution in [0.15, 0.2) is 60.2 Å². The molecule has 0 aliphatic carbocycles. The average Bonchev–Trinajstić information content (AvgIpc) is 3.36. The Balaban J connectivity index is 1.23. The molecule has 0 atom stereocenters. The molecule has 1 amide bonds. The van der Waals surface area contributed by atoms with Crippen molar-refractivity contribution in [2.45, 2.75) is 26.5 Å². The minimum absolute atomic E-state index is 0.0813. The number of ether oxygens (including phenoxy) is 1. The summed E-state index contributed by atoms with van der Waals surface area (Å²) in [4.78, 5) is 21.1. The lowest BCUT2D eigenvalue weighted by molar-refractivity contribution is 0.0952. The van der Waals surface area contributed by atoms with Crippen molar-refractivity contribution in [3.8, 4) is 5.75 Å². The lowest BCUT2D eigenvalue weighted by Gasteiger charge is -2.08. The zero-order chi connectivity index (χ0) is 20.1. The van der Waals surface area contributed by atoms with Crippen molar-refractivity contribution in [2.75, 3.05) is 6.54 Å². The summed E-state index contributed by atoms with van der Waals surface area (Å²) in [5, 5.41) is 5.98. The lowest BCUT2D eigenvalue weighted by atomic mass is 10.2. The molecule has 0 spiro atoms. The van der Waals surface area contributed by atoms with Crippen molar-refractivity contribution >= 4 is 28.3 Å². The maximum Gasteiger partial charge on any atom is 0.251 e. The quantitative estimate of drug-likeness (QED) is 0.445. The molecule has 7 heteroatoms. The van der Waals surface area contributed by atoms with E-state index in [4.69, 9.17) is 4.74 Å². The number of benzene rings is 2.